The summed E-state index contributed by atoms with van der Waals surface area (Å²) >= 11 is 0. The molecule has 0 saturated heterocycles. The number of Topliss-reactive ketones (excluding diaryl/α,β-unsaturated/α-hetero) is 1. The summed E-state index contributed by atoms with van der Waals surface area (Å²) in [5.74, 6) is 0.513. The number of carbonyl (C=O) groups excluding carboxylic acids is 2. The Hall–Kier alpha value is -3.22. The highest BCUT2D eigenvalue weighted by Crippen LogP contribution is 2.47. The van der Waals surface area contributed by atoms with Gasteiger partial charge in [-0.3, -0.25) is 9.59 Å². The molecule has 1 aromatic carbocycles. The van der Waals surface area contributed by atoms with E-state index in [2.05, 4.69) is 10.4 Å². The van der Waals surface area contributed by atoms with Gasteiger partial charge in [-0.2, -0.15) is 4.52 Å². The molecule has 0 bridgehead atoms. The Kier molecular flexibility index (Phi) is 3.94. The number of nitrogens with one attached hydrogen (secondary N) is 1. The Morgan fingerprint density at radius 2 is 1.97 bits per heavy atom. The zero-order valence-corrected chi connectivity index (χ0v) is 16.2. The first kappa shape index (κ1) is 17.8. The average molecular weight is 390 g/mol. The van der Waals surface area contributed by atoms with Crippen LogP contribution in [0.1, 0.15) is 54.4 Å². The minimum atomic E-state index is -0.709. The Labute approximate surface area is 167 Å². The van der Waals surface area contributed by atoms with Crippen molar-refractivity contribution in [2.75, 3.05) is 6.54 Å². The van der Waals surface area contributed by atoms with Gasteiger partial charge in [0.2, 0.25) is 11.8 Å². The highest BCUT2D eigenvalue weighted by molar-refractivity contribution is 6.03. The van der Waals surface area contributed by atoms with E-state index in [-0.39, 0.29) is 17.6 Å². The Morgan fingerprint density at radius 1 is 1.17 bits per heavy atom. The van der Waals surface area contributed by atoms with E-state index < -0.39 is 5.41 Å². The number of amides is 1. The van der Waals surface area contributed by atoms with Crippen molar-refractivity contribution in [3.8, 4) is 17.0 Å². The summed E-state index contributed by atoms with van der Waals surface area (Å²) in [6, 6.07) is 9.09. The summed E-state index contributed by atoms with van der Waals surface area (Å²) < 4.78 is 1.40. The van der Waals surface area contributed by atoms with Crippen molar-refractivity contribution >= 4 is 17.3 Å². The van der Waals surface area contributed by atoms with E-state index in [1.165, 1.54) is 4.52 Å². The van der Waals surface area contributed by atoms with Crippen molar-refractivity contribution in [3.63, 3.8) is 0 Å². The van der Waals surface area contributed by atoms with Gasteiger partial charge in [-0.15, -0.1) is 5.10 Å². The predicted molar refractivity (Wildman–Crippen MR) is 107 cm³/mol. The third kappa shape index (κ3) is 2.64. The zero-order chi connectivity index (χ0) is 20.2. The first-order valence-corrected chi connectivity index (χ1v) is 10.1. The van der Waals surface area contributed by atoms with Crippen LogP contribution in [0.3, 0.4) is 0 Å². The predicted octanol–water partition coefficient (Wildman–Crippen LogP) is 2.79. The molecule has 0 aliphatic heterocycles. The van der Waals surface area contributed by atoms with Crippen molar-refractivity contribution in [3.05, 3.63) is 47.3 Å². The SMILES string of the molecule is CCCNC(=O)C1(c2nc3c(-c4cccc5c4CCC5=O)ccc(O)n3n2)CC1. The molecule has 148 valence electrons. The van der Waals surface area contributed by atoms with Crippen molar-refractivity contribution < 1.29 is 14.7 Å². The van der Waals surface area contributed by atoms with Gasteiger partial charge < -0.3 is 10.4 Å². The number of carbonyl (C=O) groups is 2. The van der Waals surface area contributed by atoms with Gasteiger partial charge in [0, 0.05) is 30.2 Å². The molecule has 2 aliphatic rings. The summed E-state index contributed by atoms with van der Waals surface area (Å²) in [5, 5.41) is 17.8. The first-order chi connectivity index (χ1) is 14.0. The van der Waals surface area contributed by atoms with E-state index in [1.807, 2.05) is 25.1 Å². The van der Waals surface area contributed by atoms with Crippen LogP contribution in [-0.4, -0.2) is 37.9 Å². The number of benzene rings is 1. The van der Waals surface area contributed by atoms with Gasteiger partial charge >= 0.3 is 0 Å². The maximum absolute atomic E-state index is 12.7. The number of rotatable bonds is 5. The average Bonchev–Trinajstić information content (AvgIpc) is 3.27. The lowest BCUT2D eigenvalue weighted by Gasteiger charge is -2.10. The molecule has 2 N–H and O–H groups in total. The van der Waals surface area contributed by atoms with Crippen LogP contribution in [0.25, 0.3) is 16.8 Å². The van der Waals surface area contributed by atoms with Crippen molar-refractivity contribution in [2.45, 2.75) is 44.4 Å². The smallest absolute Gasteiger partial charge is 0.233 e. The number of aromatic nitrogens is 3. The number of nitrogens with zero attached hydrogens (tertiary/aromatic N) is 3. The molecule has 2 aliphatic carbocycles. The van der Waals surface area contributed by atoms with Gasteiger partial charge in [-0.05, 0) is 42.9 Å². The molecule has 1 saturated carbocycles. The van der Waals surface area contributed by atoms with Crippen molar-refractivity contribution in [1.82, 2.24) is 19.9 Å². The third-order valence-corrected chi connectivity index (χ3v) is 5.98. The largest absolute Gasteiger partial charge is 0.493 e. The number of ketones is 1. The third-order valence-electron chi connectivity index (χ3n) is 5.98. The van der Waals surface area contributed by atoms with Gasteiger partial charge in [0.15, 0.2) is 17.3 Å². The van der Waals surface area contributed by atoms with Crippen LogP contribution in [0, 0.1) is 0 Å². The summed E-state index contributed by atoms with van der Waals surface area (Å²) in [4.78, 5) is 29.6. The van der Waals surface area contributed by atoms with E-state index in [0.29, 0.717) is 43.7 Å². The van der Waals surface area contributed by atoms with Gasteiger partial charge in [0.05, 0.1) is 0 Å². The minimum absolute atomic E-state index is 0.0316. The molecule has 0 radical (unpaired) electrons. The number of pyridine rings is 1. The second-order valence-electron chi connectivity index (χ2n) is 7.87. The van der Waals surface area contributed by atoms with Gasteiger partial charge in [0.25, 0.3) is 0 Å². The fourth-order valence-corrected chi connectivity index (χ4v) is 4.19. The number of fused-ring (bicyclic) bond motifs is 2. The van der Waals surface area contributed by atoms with Gasteiger partial charge in [0.1, 0.15) is 5.41 Å². The number of hydrogen-bond acceptors (Lipinski definition) is 5. The second-order valence-corrected chi connectivity index (χ2v) is 7.87. The molecule has 5 rings (SSSR count). The maximum atomic E-state index is 12.7. The quantitative estimate of drug-likeness (QED) is 0.698. The van der Waals surface area contributed by atoms with Crippen LogP contribution in [0.4, 0.5) is 0 Å². The Bertz CT molecular complexity index is 1160. The lowest BCUT2D eigenvalue weighted by Crippen LogP contribution is -2.35. The summed E-state index contributed by atoms with van der Waals surface area (Å²) in [7, 11) is 0. The van der Waals surface area contributed by atoms with Crippen LogP contribution < -0.4 is 5.32 Å². The van der Waals surface area contributed by atoms with Crippen molar-refractivity contribution in [1.29, 1.82) is 0 Å². The van der Waals surface area contributed by atoms with Gasteiger partial charge in [-0.1, -0.05) is 25.1 Å². The van der Waals surface area contributed by atoms with Crippen LogP contribution in [0.5, 0.6) is 5.88 Å². The van der Waals surface area contributed by atoms with Crippen molar-refractivity contribution in [2.24, 2.45) is 0 Å². The number of aromatic hydroxyl groups is 1. The molecular formula is C22H22N4O3. The summed E-state index contributed by atoms with van der Waals surface area (Å²) in [5.41, 5.74) is 3.29. The summed E-state index contributed by atoms with van der Waals surface area (Å²) in [6.45, 7) is 2.63. The highest BCUT2D eigenvalue weighted by atomic mass is 16.3. The van der Waals surface area contributed by atoms with Crippen LogP contribution >= 0.6 is 0 Å². The minimum Gasteiger partial charge on any atom is -0.493 e. The Morgan fingerprint density at radius 3 is 2.72 bits per heavy atom. The molecule has 3 aromatic rings. The maximum Gasteiger partial charge on any atom is 0.233 e. The van der Waals surface area contributed by atoms with E-state index >= 15 is 0 Å². The topological polar surface area (TPSA) is 96.6 Å². The molecule has 7 nitrogen and oxygen atoms in total. The normalized spacial score (nSPS) is 16.8. The molecule has 2 aromatic heterocycles. The lowest BCUT2D eigenvalue weighted by atomic mass is 9.97. The second kappa shape index (κ2) is 6.40. The van der Waals surface area contributed by atoms with Gasteiger partial charge in [-0.25, -0.2) is 4.98 Å². The van der Waals surface area contributed by atoms with E-state index in [1.54, 1.807) is 12.1 Å². The van der Waals surface area contributed by atoms with E-state index in [9.17, 15) is 14.7 Å². The van der Waals surface area contributed by atoms with Crippen LogP contribution in [0.15, 0.2) is 30.3 Å². The first-order valence-electron chi connectivity index (χ1n) is 10.1. The lowest BCUT2D eigenvalue weighted by molar-refractivity contribution is -0.123. The molecule has 7 heteroatoms. The highest BCUT2D eigenvalue weighted by Gasteiger charge is 2.54. The fraction of sp³-hybridized carbons (Fsp3) is 0.364. The monoisotopic (exact) mass is 390 g/mol. The van der Waals surface area contributed by atoms with Crippen LogP contribution in [0.2, 0.25) is 0 Å². The van der Waals surface area contributed by atoms with Crippen LogP contribution in [-0.2, 0) is 16.6 Å². The molecule has 0 atom stereocenters. The molecule has 0 unspecified atom stereocenters. The summed E-state index contributed by atoms with van der Waals surface area (Å²) in [6.07, 6.45) is 3.47. The molecule has 0 spiro atoms. The zero-order valence-electron chi connectivity index (χ0n) is 16.2. The van der Waals surface area contributed by atoms with E-state index in [0.717, 1.165) is 28.7 Å². The molecule has 29 heavy (non-hydrogen) atoms. The molecule has 1 amide bonds. The molecular weight excluding hydrogens is 368 g/mol. The fourth-order valence-electron chi connectivity index (χ4n) is 4.19. The van der Waals surface area contributed by atoms with E-state index in [4.69, 9.17) is 4.98 Å². The number of hydrogen-bond donors (Lipinski definition) is 2. The molecule has 2 heterocycles. The Balaban J connectivity index is 1.64. The standard InChI is InChI=1S/C22H22N4O3/c1-2-12-23-21(29)22(10-11-22)20-24-19-16(7-9-18(28)26(19)25-20)13-4-3-5-15-14(13)6-8-17(15)27/h3-5,7,9,28H,2,6,8,10-12H2,1H3,(H,23,29). The molecule has 1 fully saturated rings.